The Morgan fingerprint density at radius 3 is 2.92 bits per heavy atom. The van der Waals surface area contributed by atoms with Crippen LogP contribution in [0.3, 0.4) is 0 Å². The minimum absolute atomic E-state index is 0.0753. The zero-order chi connectivity index (χ0) is 17.6. The summed E-state index contributed by atoms with van der Waals surface area (Å²) in [6.07, 6.45) is 2.40. The van der Waals surface area contributed by atoms with Gasteiger partial charge in [0.2, 0.25) is 0 Å². The van der Waals surface area contributed by atoms with Crippen molar-refractivity contribution in [3.8, 4) is 0 Å². The summed E-state index contributed by atoms with van der Waals surface area (Å²) in [6, 6.07) is 9.37. The molecular formula is C18H21Cl2N2O2S+. The number of carbonyl (C=O) groups excluding carboxylic acids is 1. The molecule has 0 bridgehead atoms. The third-order valence-corrected chi connectivity index (χ3v) is 5.88. The van der Waals surface area contributed by atoms with Gasteiger partial charge in [-0.05, 0) is 36.4 Å². The quantitative estimate of drug-likeness (QED) is 0.750. The van der Waals surface area contributed by atoms with Gasteiger partial charge in [-0.1, -0.05) is 35.3 Å². The second-order valence-corrected chi connectivity index (χ2v) is 7.99. The molecule has 1 aliphatic heterocycles. The largest absolute Gasteiger partial charge is 0.372 e. The fourth-order valence-corrected chi connectivity index (χ4v) is 4.14. The minimum atomic E-state index is -0.0753. The lowest BCUT2D eigenvalue weighted by Gasteiger charge is -2.21. The zero-order valence-electron chi connectivity index (χ0n) is 13.8. The molecule has 0 spiro atoms. The van der Waals surface area contributed by atoms with Crippen molar-refractivity contribution < 1.29 is 14.4 Å². The summed E-state index contributed by atoms with van der Waals surface area (Å²) in [6.45, 7) is 2.82. The smallest absolute Gasteiger partial charge is 0.279 e. The molecular weight excluding hydrogens is 379 g/mol. The van der Waals surface area contributed by atoms with E-state index in [1.165, 1.54) is 9.78 Å². The van der Waals surface area contributed by atoms with Crippen LogP contribution in [0.25, 0.3) is 0 Å². The number of quaternary nitrogens is 1. The highest BCUT2D eigenvalue weighted by Gasteiger charge is 2.24. The van der Waals surface area contributed by atoms with Crippen LogP contribution in [-0.4, -0.2) is 31.7 Å². The monoisotopic (exact) mass is 399 g/mol. The van der Waals surface area contributed by atoms with Gasteiger partial charge in [0.15, 0.2) is 6.54 Å². The van der Waals surface area contributed by atoms with Gasteiger partial charge in [0.05, 0.1) is 20.6 Å². The third kappa shape index (κ3) is 5.43. The minimum Gasteiger partial charge on any atom is -0.372 e. The summed E-state index contributed by atoms with van der Waals surface area (Å²) in [5.41, 5.74) is 0.548. The van der Waals surface area contributed by atoms with E-state index >= 15 is 0 Å². The van der Waals surface area contributed by atoms with E-state index in [9.17, 15) is 4.79 Å². The van der Waals surface area contributed by atoms with Crippen LogP contribution in [0, 0.1) is 0 Å². The van der Waals surface area contributed by atoms with Gasteiger partial charge >= 0.3 is 0 Å². The van der Waals surface area contributed by atoms with Gasteiger partial charge in [-0.3, -0.25) is 4.79 Å². The van der Waals surface area contributed by atoms with Crippen LogP contribution < -0.4 is 10.2 Å². The number of thiophene rings is 1. The lowest BCUT2D eigenvalue weighted by molar-refractivity contribution is -0.908. The van der Waals surface area contributed by atoms with E-state index in [1.54, 1.807) is 29.5 Å². The summed E-state index contributed by atoms with van der Waals surface area (Å²) >= 11 is 13.9. The molecule has 25 heavy (non-hydrogen) atoms. The molecule has 1 aliphatic rings. The molecule has 0 saturated carbocycles. The molecule has 1 saturated heterocycles. The highest BCUT2D eigenvalue weighted by Crippen LogP contribution is 2.29. The molecule has 0 radical (unpaired) electrons. The van der Waals surface area contributed by atoms with Crippen LogP contribution in [-0.2, 0) is 16.1 Å². The average Bonchev–Trinajstić information content (AvgIpc) is 3.26. The van der Waals surface area contributed by atoms with Crippen molar-refractivity contribution in [2.24, 2.45) is 0 Å². The SMILES string of the molecule is O=C(C[NH+](Cc1cccs1)C[C@@H]1CCCO1)Nc1cccc(Cl)c1Cl. The van der Waals surface area contributed by atoms with Gasteiger partial charge in [-0.2, -0.15) is 0 Å². The molecule has 2 atom stereocenters. The molecule has 7 heteroatoms. The molecule has 134 valence electrons. The molecule has 1 aromatic carbocycles. The van der Waals surface area contributed by atoms with Crippen LogP contribution in [0.5, 0.6) is 0 Å². The summed E-state index contributed by atoms with van der Waals surface area (Å²) < 4.78 is 5.75. The fourth-order valence-electron chi connectivity index (χ4n) is 3.02. The molecule has 4 nitrogen and oxygen atoms in total. The Kier molecular flexibility index (Phi) is 6.73. The first kappa shape index (κ1) is 18.7. The predicted molar refractivity (Wildman–Crippen MR) is 103 cm³/mol. The molecule has 2 N–H and O–H groups in total. The summed E-state index contributed by atoms with van der Waals surface area (Å²) in [5, 5.41) is 5.74. The highest BCUT2D eigenvalue weighted by molar-refractivity contribution is 7.09. The predicted octanol–water partition coefficient (Wildman–Crippen LogP) is 3.26. The van der Waals surface area contributed by atoms with Crippen molar-refractivity contribution >= 4 is 46.1 Å². The Labute approximate surface area is 161 Å². The summed E-state index contributed by atoms with van der Waals surface area (Å²) in [4.78, 5) is 15.0. The van der Waals surface area contributed by atoms with Crippen LogP contribution in [0.2, 0.25) is 10.0 Å². The number of amides is 1. The van der Waals surface area contributed by atoms with E-state index in [2.05, 4.69) is 16.8 Å². The van der Waals surface area contributed by atoms with Crippen molar-refractivity contribution in [2.75, 3.05) is 25.0 Å². The molecule has 1 fully saturated rings. The molecule has 1 unspecified atom stereocenters. The van der Waals surface area contributed by atoms with Gasteiger partial charge in [-0.25, -0.2) is 0 Å². The number of benzene rings is 1. The Morgan fingerprint density at radius 2 is 2.20 bits per heavy atom. The number of ether oxygens (including phenoxy) is 1. The topological polar surface area (TPSA) is 42.8 Å². The maximum atomic E-state index is 12.5. The van der Waals surface area contributed by atoms with Crippen LogP contribution in [0.15, 0.2) is 35.7 Å². The first-order chi connectivity index (χ1) is 12.1. The van der Waals surface area contributed by atoms with E-state index < -0.39 is 0 Å². The van der Waals surface area contributed by atoms with Crippen LogP contribution in [0.4, 0.5) is 5.69 Å². The third-order valence-electron chi connectivity index (χ3n) is 4.18. The number of carbonyl (C=O) groups is 1. The van der Waals surface area contributed by atoms with Crippen molar-refractivity contribution in [3.05, 3.63) is 50.6 Å². The van der Waals surface area contributed by atoms with Crippen molar-refractivity contribution in [1.82, 2.24) is 0 Å². The van der Waals surface area contributed by atoms with Crippen LogP contribution in [0.1, 0.15) is 17.7 Å². The van der Waals surface area contributed by atoms with Gasteiger partial charge in [-0.15, -0.1) is 11.3 Å². The van der Waals surface area contributed by atoms with Crippen molar-refractivity contribution in [2.45, 2.75) is 25.5 Å². The maximum absolute atomic E-state index is 12.5. The molecule has 2 aromatic rings. The molecule has 2 heterocycles. The Hall–Kier alpha value is -1.11. The average molecular weight is 400 g/mol. The van der Waals surface area contributed by atoms with Gasteiger partial charge < -0.3 is 15.0 Å². The van der Waals surface area contributed by atoms with Crippen molar-refractivity contribution in [3.63, 3.8) is 0 Å². The van der Waals surface area contributed by atoms with Gasteiger partial charge in [0, 0.05) is 6.61 Å². The summed E-state index contributed by atoms with van der Waals surface area (Å²) in [7, 11) is 0. The van der Waals surface area contributed by atoms with Crippen LogP contribution >= 0.6 is 34.5 Å². The van der Waals surface area contributed by atoms with Gasteiger partial charge in [0.1, 0.15) is 19.2 Å². The Balaban J connectivity index is 1.63. The standard InChI is InChI=1S/C18H20Cl2N2O2S/c19-15-6-1-7-16(18(15)20)21-17(23)12-22(10-13-4-2-8-24-13)11-14-5-3-9-25-14/h1,3,5-7,9,13H,2,4,8,10-12H2,(H,21,23)/p+1/t13-/m0/s1. The number of rotatable bonds is 7. The molecule has 1 amide bonds. The lowest BCUT2D eigenvalue weighted by Crippen LogP contribution is -3.12. The molecule has 3 rings (SSSR count). The normalized spacial score (nSPS) is 18.2. The van der Waals surface area contributed by atoms with E-state index in [0.29, 0.717) is 22.3 Å². The van der Waals surface area contributed by atoms with E-state index in [0.717, 1.165) is 32.5 Å². The molecule has 1 aromatic heterocycles. The number of anilines is 1. The first-order valence-corrected chi connectivity index (χ1v) is 9.97. The summed E-state index contributed by atoms with van der Waals surface area (Å²) in [5.74, 6) is -0.0753. The second-order valence-electron chi connectivity index (χ2n) is 6.17. The van der Waals surface area contributed by atoms with Crippen molar-refractivity contribution in [1.29, 1.82) is 0 Å². The number of hydrogen-bond donors (Lipinski definition) is 2. The fraction of sp³-hybridized carbons (Fsp3) is 0.389. The number of hydrogen-bond acceptors (Lipinski definition) is 3. The van der Waals surface area contributed by atoms with E-state index in [-0.39, 0.29) is 12.0 Å². The second kappa shape index (κ2) is 9.01. The number of nitrogens with one attached hydrogen (secondary N) is 2. The highest BCUT2D eigenvalue weighted by atomic mass is 35.5. The van der Waals surface area contributed by atoms with Gasteiger partial charge in [0.25, 0.3) is 5.91 Å². The van der Waals surface area contributed by atoms with E-state index in [1.807, 2.05) is 6.07 Å². The Morgan fingerprint density at radius 1 is 1.32 bits per heavy atom. The lowest BCUT2D eigenvalue weighted by atomic mass is 10.2. The molecule has 0 aliphatic carbocycles. The Bertz CT molecular complexity index is 703. The zero-order valence-corrected chi connectivity index (χ0v) is 16.1. The first-order valence-electron chi connectivity index (χ1n) is 8.33. The number of halogens is 2. The maximum Gasteiger partial charge on any atom is 0.279 e. The van der Waals surface area contributed by atoms with E-state index in [4.69, 9.17) is 27.9 Å².